The molecule has 3 N–H and O–H groups in total. The Bertz CT molecular complexity index is 1340. The Kier molecular flexibility index (Phi) is 7.61. The first-order valence-electron chi connectivity index (χ1n) is 11.8. The van der Waals surface area contributed by atoms with E-state index < -0.39 is 41.0 Å². The van der Waals surface area contributed by atoms with Crippen LogP contribution in [0.5, 0.6) is 0 Å². The molecule has 1 amide bonds. The number of carbonyl (C=O) groups excluding carboxylic acids is 1. The molecule has 1 aliphatic heterocycles. The van der Waals surface area contributed by atoms with Gasteiger partial charge in [-0.2, -0.15) is 5.26 Å². The van der Waals surface area contributed by atoms with E-state index in [1.165, 1.54) is 30.6 Å². The fourth-order valence-corrected chi connectivity index (χ4v) is 5.57. The molecule has 2 aromatic carbocycles. The summed E-state index contributed by atoms with van der Waals surface area (Å²) in [4.78, 5) is 20.5. The van der Waals surface area contributed by atoms with Crippen molar-refractivity contribution in [1.29, 1.82) is 5.26 Å². The normalized spacial score (nSPS) is 23.6. The average Bonchev–Trinajstić information content (AvgIpc) is 3.45. The third-order valence-corrected chi connectivity index (χ3v) is 7.27. The van der Waals surface area contributed by atoms with E-state index in [1.54, 1.807) is 12.3 Å². The van der Waals surface area contributed by atoms with Crippen LogP contribution in [0.15, 0.2) is 48.9 Å². The number of rotatable bonds is 6. The van der Waals surface area contributed by atoms with Crippen molar-refractivity contribution in [2.75, 3.05) is 0 Å². The zero-order valence-electron chi connectivity index (χ0n) is 20.6. The molecular formula is C27H27Cl2F2N5O. The number of hydrogen-bond donors (Lipinski definition) is 3. The Hall–Kier alpha value is -2.99. The van der Waals surface area contributed by atoms with Gasteiger partial charge in [-0.3, -0.25) is 4.79 Å². The van der Waals surface area contributed by atoms with Gasteiger partial charge in [0.15, 0.2) is 0 Å². The van der Waals surface area contributed by atoms with Crippen molar-refractivity contribution in [3.05, 3.63) is 87.4 Å². The van der Waals surface area contributed by atoms with Crippen LogP contribution in [0.25, 0.3) is 0 Å². The van der Waals surface area contributed by atoms with Gasteiger partial charge in [-0.25, -0.2) is 13.8 Å². The molecule has 0 aliphatic carbocycles. The van der Waals surface area contributed by atoms with Crippen LogP contribution in [0.1, 0.15) is 49.9 Å². The van der Waals surface area contributed by atoms with Crippen molar-refractivity contribution in [3.8, 4) is 6.07 Å². The van der Waals surface area contributed by atoms with Crippen molar-refractivity contribution in [2.24, 2.45) is 5.41 Å². The summed E-state index contributed by atoms with van der Waals surface area (Å²) < 4.78 is 31.2. The molecule has 2 heterocycles. The van der Waals surface area contributed by atoms with Crippen LogP contribution in [0.3, 0.4) is 0 Å². The van der Waals surface area contributed by atoms with Crippen LogP contribution in [0.4, 0.5) is 8.78 Å². The van der Waals surface area contributed by atoms with Crippen LogP contribution in [-0.4, -0.2) is 28.0 Å². The second kappa shape index (κ2) is 10.4. The topological polar surface area (TPSA) is 93.6 Å². The summed E-state index contributed by atoms with van der Waals surface area (Å²) >= 11 is 12.2. The van der Waals surface area contributed by atoms with E-state index in [1.807, 2.05) is 20.8 Å². The lowest BCUT2D eigenvalue weighted by atomic mass is 9.62. The highest BCUT2D eigenvalue weighted by Gasteiger charge is 2.61. The number of aromatic nitrogens is 2. The van der Waals surface area contributed by atoms with Gasteiger partial charge in [-0.05, 0) is 35.6 Å². The maximum atomic E-state index is 15.6. The summed E-state index contributed by atoms with van der Waals surface area (Å²) in [6.45, 7) is 6.08. The summed E-state index contributed by atoms with van der Waals surface area (Å²) in [5.41, 5.74) is -1.23. The van der Waals surface area contributed by atoms with Gasteiger partial charge < -0.3 is 15.6 Å². The van der Waals surface area contributed by atoms with E-state index in [0.717, 1.165) is 6.07 Å². The summed E-state index contributed by atoms with van der Waals surface area (Å²) in [5.74, 6) is -3.04. The number of H-pyrrole nitrogens is 1. The second-order valence-corrected chi connectivity index (χ2v) is 11.3. The lowest BCUT2D eigenvalue weighted by Crippen LogP contribution is -2.45. The maximum absolute atomic E-state index is 15.6. The Balaban J connectivity index is 1.92. The van der Waals surface area contributed by atoms with Gasteiger partial charge in [0.05, 0.1) is 35.7 Å². The second-order valence-electron chi connectivity index (χ2n) is 10.5. The number of aromatic amines is 1. The van der Waals surface area contributed by atoms with Crippen molar-refractivity contribution < 1.29 is 13.6 Å². The lowest BCUT2D eigenvalue weighted by molar-refractivity contribution is -0.123. The molecular weight excluding hydrogens is 519 g/mol. The van der Waals surface area contributed by atoms with E-state index in [4.69, 9.17) is 23.2 Å². The number of nitrogens with zero attached hydrogens (tertiary/aromatic N) is 2. The van der Waals surface area contributed by atoms with Crippen LogP contribution in [-0.2, 0) is 16.8 Å². The number of carbonyl (C=O) groups is 1. The molecule has 0 saturated carbocycles. The summed E-state index contributed by atoms with van der Waals surface area (Å²) in [5, 5.41) is 16.9. The smallest absolute Gasteiger partial charge is 0.238 e. The van der Waals surface area contributed by atoms with Gasteiger partial charge in [0, 0.05) is 28.7 Å². The van der Waals surface area contributed by atoms with Crippen LogP contribution in [0, 0.1) is 28.4 Å². The quantitative estimate of drug-likeness (QED) is 0.374. The third-order valence-electron chi connectivity index (χ3n) is 6.74. The van der Waals surface area contributed by atoms with Crippen molar-refractivity contribution >= 4 is 29.1 Å². The van der Waals surface area contributed by atoms with E-state index in [-0.39, 0.29) is 33.1 Å². The highest BCUT2D eigenvalue weighted by atomic mass is 35.5. The number of benzene rings is 2. The zero-order chi connectivity index (χ0) is 27.0. The minimum Gasteiger partial charge on any atom is -0.349 e. The van der Waals surface area contributed by atoms with Gasteiger partial charge in [0.1, 0.15) is 17.0 Å². The average molecular weight is 546 g/mol. The summed E-state index contributed by atoms with van der Waals surface area (Å²) in [6, 6.07) is 9.03. The minimum atomic E-state index is -1.66. The predicted octanol–water partition coefficient (Wildman–Crippen LogP) is 5.63. The minimum absolute atomic E-state index is 0.0365. The molecule has 37 heavy (non-hydrogen) atoms. The predicted molar refractivity (Wildman–Crippen MR) is 138 cm³/mol. The molecule has 1 fully saturated rings. The molecule has 0 radical (unpaired) electrons. The van der Waals surface area contributed by atoms with Crippen molar-refractivity contribution in [2.45, 2.75) is 57.2 Å². The largest absolute Gasteiger partial charge is 0.349 e. The molecule has 1 aliphatic rings. The number of halogens is 4. The van der Waals surface area contributed by atoms with Crippen LogP contribution < -0.4 is 10.6 Å². The van der Waals surface area contributed by atoms with Gasteiger partial charge in [0.25, 0.3) is 0 Å². The highest BCUT2D eigenvalue weighted by molar-refractivity contribution is 6.31. The third kappa shape index (κ3) is 5.22. The van der Waals surface area contributed by atoms with E-state index in [9.17, 15) is 10.1 Å². The van der Waals surface area contributed by atoms with Gasteiger partial charge in [-0.1, -0.05) is 62.2 Å². The van der Waals surface area contributed by atoms with E-state index in [2.05, 4.69) is 26.7 Å². The Morgan fingerprint density at radius 2 is 2.00 bits per heavy atom. The number of nitrogens with one attached hydrogen (secondary N) is 3. The van der Waals surface area contributed by atoms with E-state index >= 15 is 8.78 Å². The molecule has 0 unspecified atom stereocenters. The van der Waals surface area contributed by atoms with Crippen molar-refractivity contribution in [3.63, 3.8) is 0 Å². The summed E-state index contributed by atoms with van der Waals surface area (Å²) in [6.07, 6.45) is 3.45. The molecule has 0 spiro atoms. The number of imidazole rings is 1. The van der Waals surface area contributed by atoms with E-state index in [0.29, 0.717) is 12.1 Å². The molecule has 10 heteroatoms. The molecule has 0 bridgehead atoms. The first-order chi connectivity index (χ1) is 17.5. The maximum Gasteiger partial charge on any atom is 0.238 e. The molecule has 4 rings (SSSR count). The first kappa shape index (κ1) is 27.1. The fourth-order valence-electron chi connectivity index (χ4n) is 5.23. The number of hydrogen-bond acceptors (Lipinski definition) is 4. The molecule has 3 aromatic rings. The molecule has 1 aromatic heterocycles. The molecule has 194 valence electrons. The van der Waals surface area contributed by atoms with Crippen LogP contribution >= 0.6 is 23.2 Å². The molecule has 6 nitrogen and oxygen atoms in total. The van der Waals surface area contributed by atoms with Crippen LogP contribution in [0.2, 0.25) is 10.0 Å². The molecule has 4 atom stereocenters. The van der Waals surface area contributed by atoms with Crippen molar-refractivity contribution in [1.82, 2.24) is 20.6 Å². The Labute approximate surface area is 224 Å². The number of nitriles is 1. The lowest BCUT2D eigenvalue weighted by Gasteiger charge is -2.37. The Morgan fingerprint density at radius 3 is 2.62 bits per heavy atom. The standard InChI is InChI=1S/C27H27Cl2F2N5O/c1-26(2,3)10-21-27(13-32,18-8-7-15(28)9-20(18)30)22(17-5-4-6-19(29)23(17)31)24(36-21)25(37)34-12-16-11-33-14-35-16/h4-9,11,14,21-22,24,36H,10,12H2,1-3H3,(H,33,35)(H,34,37)/t21-,22-,24+,27-/m0/s1. The summed E-state index contributed by atoms with van der Waals surface area (Å²) in [7, 11) is 0. The van der Waals surface area contributed by atoms with Gasteiger partial charge >= 0.3 is 0 Å². The van der Waals surface area contributed by atoms with Gasteiger partial charge in [0.2, 0.25) is 5.91 Å². The van der Waals surface area contributed by atoms with Gasteiger partial charge in [-0.15, -0.1) is 0 Å². The molecule has 1 saturated heterocycles. The fraction of sp³-hybridized carbons (Fsp3) is 0.370. The number of amides is 1. The zero-order valence-corrected chi connectivity index (χ0v) is 22.1. The highest BCUT2D eigenvalue weighted by Crippen LogP contribution is 2.52. The first-order valence-corrected chi connectivity index (χ1v) is 12.5. The monoisotopic (exact) mass is 545 g/mol. The SMILES string of the molecule is CC(C)(C)C[C@@H]1N[C@@H](C(=O)NCc2cnc[nH]2)[C@H](c2cccc(Cl)c2F)[C@@]1(C#N)c1ccc(Cl)cc1F. The Morgan fingerprint density at radius 1 is 1.24 bits per heavy atom.